The first-order chi connectivity index (χ1) is 49.9. The van der Waals surface area contributed by atoms with E-state index in [-0.39, 0.29) is 102 Å². The zero-order valence-corrected chi connectivity index (χ0v) is 72.1. The summed E-state index contributed by atoms with van der Waals surface area (Å²) in [5.74, 6) is 2.41. The van der Waals surface area contributed by atoms with Crippen molar-refractivity contribution in [3.05, 3.63) is 140 Å². The molecule has 600 valence electrons. The normalized spacial score (nSPS) is 36.2. The summed E-state index contributed by atoms with van der Waals surface area (Å²) in [5.41, 5.74) is 11.9. The zero-order valence-electron chi connectivity index (χ0n) is 72.1. The van der Waals surface area contributed by atoms with Gasteiger partial charge in [-0.15, -0.1) is 0 Å². The van der Waals surface area contributed by atoms with Crippen molar-refractivity contribution < 1.29 is 58.3 Å². The van der Waals surface area contributed by atoms with E-state index in [4.69, 9.17) is 14.2 Å². The van der Waals surface area contributed by atoms with E-state index in [1.807, 2.05) is 117 Å². The van der Waals surface area contributed by atoms with Crippen molar-refractivity contribution in [2.75, 3.05) is 0 Å². The lowest BCUT2D eigenvalue weighted by Gasteiger charge is -2.62. The Morgan fingerprint density at radius 1 is 0.352 bits per heavy atom. The minimum Gasteiger partial charge on any atom is -0.462 e. The highest BCUT2D eigenvalue weighted by molar-refractivity contribution is 6.02. The number of carbonyl (C=O) groups excluding carboxylic acids is 6. The first kappa shape index (κ1) is 89.4. The first-order valence-electron chi connectivity index (χ1n) is 41.2. The molecule has 9 rings (SSSR count). The molecule has 0 aromatic rings. The van der Waals surface area contributed by atoms with Gasteiger partial charge in [-0.25, -0.2) is 0 Å². The minimum atomic E-state index is -0.492. The number of ketones is 3. The maximum absolute atomic E-state index is 13.5. The van der Waals surface area contributed by atoms with E-state index < -0.39 is 18.3 Å². The van der Waals surface area contributed by atoms with Crippen LogP contribution in [0.25, 0.3) is 0 Å². The Morgan fingerprint density at radius 2 is 0.574 bits per heavy atom. The fourth-order valence-corrected chi connectivity index (χ4v) is 24.1. The van der Waals surface area contributed by atoms with E-state index in [0.717, 1.165) is 127 Å². The van der Waals surface area contributed by atoms with Gasteiger partial charge < -0.3 is 29.5 Å². The molecule has 0 bridgehead atoms. The largest absolute Gasteiger partial charge is 0.462 e. The Labute approximate surface area is 653 Å². The van der Waals surface area contributed by atoms with E-state index in [1.54, 1.807) is 0 Å². The van der Waals surface area contributed by atoms with Gasteiger partial charge in [0.15, 0.2) is 17.3 Å². The lowest BCUT2D eigenvalue weighted by atomic mass is 9.43. The van der Waals surface area contributed by atoms with Crippen LogP contribution in [-0.2, 0) is 43.0 Å². The number of ether oxygens (including phenoxy) is 3. The molecule has 0 spiro atoms. The molecule has 12 nitrogen and oxygen atoms in total. The number of Topliss-reactive ketones (excluding diaryl/α,β-unsaturated/α-hetero) is 3. The van der Waals surface area contributed by atoms with Gasteiger partial charge in [-0.2, -0.15) is 0 Å². The zero-order chi connectivity index (χ0) is 81.2. The number of hydrogen-bond acceptors (Lipinski definition) is 12. The van der Waals surface area contributed by atoms with Crippen LogP contribution in [0, 0.1) is 84.2 Å². The monoisotopic (exact) mass is 1490 g/mol. The predicted molar refractivity (Wildman–Crippen MR) is 439 cm³/mol. The third-order valence-electron chi connectivity index (χ3n) is 29.7. The number of fused-ring (bicyclic) bond motifs is 9. The Kier molecular flexibility index (Phi) is 28.7. The van der Waals surface area contributed by atoms with Crippen LogP contribution in [0.5, 0.6) is 0 Å². The maximum atomic E-state index is 13.5. The maximum Gasteiger partial charge on any atom is 0.302 e. The van der Waals surface area contributed by atoms with Gasteiger partial charge in [0.1, 0.15) is 18.3 Å². The highest BCUT2D eigenvalue weighted by Gasteiger charge is 2.68. The van der Waals surface area contributed by atoms with Gasteiger partial charge in [0.05, 0.1) is 18.3 Å². The number of allylic oxidation sites excluding steroid dienone is 18. The van der Waals surface area contributed by atoms with Crippen molar-refractivity contribution >= 4 is 35.3 Å². The fourth-order valence-electron chi connectivity index (χ4n) is 24.1. The third kappa shape index (κ3) is 18.4. The molecule has 0 amide bonds. The van der Waals surface area contributed by atoms with E-state index in [2.05, 4.69) is 122 Å². The molecule has 0 radical (unpaired) electrons. The lowest BCUT2D eigenvalue weighted by molar-refractivity contribution is -0.185. The average molecular weight is 1490 g/mol. The van der Waals surface area contributed by atoms with Crippen molar-refractivity contribution in [2.45, 2.75) is 339 Å². The molecule has 9 aliphatic rings. The summed E-state index contributed by atoms with van der Waals surface area (Å²) in [5, 5.41) is 31.2. The van der Waals surface area contributed by atoms with Crippen LogP contribution in [-0.4, -0.2) is 87.2 Å². The quantitative estimate of drug-likeness (QED) is 0.0388. The molecule has 0 aromatic heterocycles. The lowest BCUT2D eigenvalue weighted by Crippen LogP contribution is -2.58. The highest BCUT2D eigenvalue weighted by atomic mass is 16.6. The Balaban J connectivity index is 0.000000226. The first-order valence-corrected chi connectivity index (χ1v) is 41.2. The molecule has 3 N–H and O–H groups in total. The van der Waals surface area contributed by atoms with Gasteiger partial charge in [-0.1, -0.05) is 173 Å². The van der Waals surface area contributed by atoms with Gasteiger partial charge in [0.25, 0.3) is 0 Å². The van der Waals surface area contributed by atoms with Crippen molar-refractivity contribution in [1.82, 2.24) is 0 Å². The molecule has 108 heavy (non-hydrogen) atoms. The molecule has 0 aromatic carbocycles. The molecule has 12 heteroatoms. The molecule has 18 atom stereocenters. The number of aliphatic hydroxyl groups excluding tert-OH is 3. The molecule has 9 saturated carbocycles. The second kappa shape index (κ2) is 34.7. The number of aliphatic hydroxyl groups is 3. The van der Waals surface area contributed by atoms with Crippen LogP contribution in [0.2, 0.25) is 0 Å². The van der Waals surface area contributed by atoms with Crippen molar-refractivity contribution in [3.63, 3.8) is 0 Å². The summed E-state index contributed by atoms with van der Waals surface area (Å²) in [6.07, 6.45) is 37.7. The number of carbonyl (C=O) groups is 6. The average Bonchev–Trinajstić information content (AvgIpc) is 1.05. The SMILES string of the molecule is CC(=O)O[C@@H]1CC[C@@]2(C)C(CC[C@]3(C)/C(=C(C)/C=C/C=C(\C)C(O)CC=C(C)C)C(=O)C[C@@H]23)C1(C)C.CC(=O)O[C@H]1CC[C@@]2(C)[C@@H](CC[C@]3(C)/C(=C(C)/C=C/C=C(\C)[C@@H](O)CC=C(C)C)C(=O)C[C@@H]23)C1(C)C.CC(=O)O[C@H]1CC[C@@]2(C)[C@@H](CC[C@]3(C)\C(=C(C)/C=C/C=C(\C)[C@@H](O)CC=C(C)C)C(=O)C[C@@H]23)C1(C)C. The Bertz CT molecular complexity index is 3400. The Morgan fingerprint density at radius 3 is 0.778 bits per heavy atom. The highest BCUT2D eigenvalue weighted by Crippen LogP contribution is 2.73. The minimum absolute atomic E-state index is 0.0417. The van der Waals surface area contributed by atoms with Gasteiger partial charge in [0, 0.05) is 89.2 Å². The van der Waals surface area contributed by atoms with Crippen LogP contribution in [0.1, 0.15) is 303 Å². The van der Waals surface area contributed by atoms with Gasteiger partial charge in [-0.3, -0.25) is 28.8 Å². The molecular formula is C96H144O12. The van der Waals surface area contributed by atoms with Crippen LogP contribution >= 0.6 is 0 Å². The standard InChI is InChI=1S/3C32H48O4/c3*1-20(2)13-14-24(34)21(3)11-10-12-22(4)29-25(35)19-27-31(8)18-16-28(36-23(5)33)30(6,7)26(31)15-17-32(27,29)9/h3*10-13,24,26-28,34H,14-19H2,1-9H3/b2*12-10+,21-11+,29-22+;12-10+,21-11+,29-22-/t24?,26?,27-,28+,31-,32-;2*24-,26-,27-,28-,31-,32-/m000/s1. The fraction of sp³-hybridized carbons (Fsp3) is 0.688. The van der Waals surface area contributed by atoms with Crippen LogP contribution in [0.15, 0.2) is 140 Å². The molecule has 0 saturated heterocycles. The summed E-state index contributed by atoms with van der Waals surface area (Å²) >= 11 is 0. The molecule has 2 unspecified atom stereocenters. The van der Waals surface area contributed by atoms with Crippen molar-refractivity contribution in [1.29, 1.82) is 0 Å². The van der Waals surface area contributed by atoms with E-state index in [9.17, 15) is 44.1 Å². The topological polar surface area (TPSA) is 191 Å². The summed E-state index contributed by atoms with van der Waals surface area (Å²) in [6, 6.07) is 0. The smallest absolute Gasteiger partial charge is 0.302 e. The third-order valence-corrected chi connectivity index (χ3v) is 29.7. The van der Waals surface area contributed by atoms with Crippen molar-refractivity contribution in [3.8, 4) is 0 Å². The number of rotatable bonds is 18. The summed E-state index contributed by atoms with van der Waals surface area (Å²) in [7, 11) is 0. The van der Waals surface area contributed by atoms with Gasteiger partial charge >= 0.3 is 17.9 Å². The van der Waals surface area contributed by atoms with Crippen LogP contribution in [0.4, 0.5) is 0 Å². The summed E-state index contributed by atoms with van der Waals surface area (Å²) < 4.78 is 17.3. The molecule has 0 heterocycles. The molecule has 0 aliphatic heterocycles. The van der Waals surface area contributed by atoms with Crippen LogP contribution < -0.4 is 0 Å². The number of hydrogen-bond donors (Lipinski definition) is 3. The van der Waals surface area contributed by atoms with E-state index in [0.29, 0.717) is 74.0 Å². The second-order valence-electron chi connectivity index (χ2n) is 39.0. The summed E-state index contributed by atoms with van der Waals surface area (Å²) in [4.78, 5) is 75.8. The molecule has 9 fully saturated rings. The number of esters is 3. The van der Waals surface area contributed by atoms with Gasteiger partial charge in [0.2, 0.25) is 0 Å². The predicted octanol–water partition coefficient (Wildman–Crippen LogP) is 21.9. The van der Waals surface area contributed by atoms with Crippen molar-refractivity contribution in [2.24, 2.45) is 84.2 Å². The second-order valence-corrected chi connectivity index (χ2v) is 39.0. The molecular weight excluding hydrogens is 1350 g/mol. The Hall–Kier alpha value is -5.82. The van der Waals surface area contributed by atoms with E-state index >= 15 is 0 Å². The summed E-state index contributed by atoms with van der Waals surface area (Å²) in [6.45, 7) is 56.4. The molecule has 9 aliphatic carbocycles. The van der Waals surface area contributed by atoms with Gasteiger partial charge in [-0.05, 0) is 265 Å². The van der Waals surface area contributed by atoms with E-state index in [1.165, 1.54) is 37.5 Å². The van der Waals surface area contributed by atoms with Crippen LogP contribution in [0.3, 0.4) is 0 Å².